The minimum absolute atomic E-state index is 0.0171. The topological polar surface area (TPSA) is 91.3 Å². The molecule has 0 unspecified atom stereocenters. The maximum Gasteiger partial charge on any atom is 0.331 e. The zero-order valence-electron chi connectivity index (χ0n) is 21.6. The third-order valence-corrected chi connectivity index (χ3v) is 7.04. The molecule has 0 spiro atoms. The van der Waals surface area contributed by atoms with E-state index in [1.807, 2.05) is 43.3 Å². The number of hydrogen-bond acceptors (Lipinski definition) is 8. The number of hydrogen-bond donors (Lipinski definition) is 0. The van der Waals surface area contributed by atoms with Crippen LogP contribution < -0.4 is 4.74 Å². The van der Waals surface area contributed by atoms with E-state index in [4.69, 9.17) is 14.3 Å². The first kappa shape index (κ1) is 28.4. The summed E-state index contributed by atoms with van der Waals surface area (Å²) in [4.78, 5) is 42.9. The van der Waals surface area contributed by atoms with Gasteiger partial charge in [0.1, 0.15) is 24.7 Å². The van der Waals surface area contributed by atoms with Gasteiger partial charge in [0.2, 0.25) is 5.78 Å². The Kier molecular flexibility index (Phi) is 11.7. The Morgan fingerprint density at radius 2 is 1.57 bits per heavy atom. The monoisotopic (exact) mass is 525 g/mol. The lowest BCUT2D eigenvalue weighted by Gasteiger charge is -2.22. The SMILES string of the molecule is CCCCC(=O)OCCOc1ccc(Sc2ccc(C(=O)/C(=N/OC(C)=O)C3CCCCC3)cc2)cc1. The van der Waals surface area contributed by atoms with Crippen molar-refractivity contribution in [2.24, 2.45) is 11.1 Å². The summed E-state index contributed by atoms with van der Waals surface area (Å²) in [5.41, 5.74) is 0.863. The van der Waals surface area contributed by atoms with Gasteiger partial charge in [-0.3, -0.25) is 9.59 Å². The van der Waals surface area contributed by atoms with Crippen LogP contribution in [-0.2, 0) is 19.2 Å². The number of nitrogens with zero attached hydrogens (tertiary/aromatic N) is 1. The van der Waals surface area contributed by atoms with Crippen molar-refractivity contribution in [1.29, 1.82) is 0 Å². The first-order chi connectivity index (χ1) is 18.0. The molecule has 2 aromatic rings. The smallest absolute Gasteiger partial charge is 0.331 e. The van der Waals surface area contributed by atoms with E-state index in [2.05, 4.69) is 5.16 Å². The molecule has 0 bridgehead atoms. The average molecular weight is 526 g/mol. The zero-order chi connectivity index (χ0) is 26.5. The molecule has 0 heterocycles. The molecular formula is C29H35NO6S. The highest BCUT2D eigenvalue weighted by Gasteiger charge is 2.27. The number of carbonyl (C=O) groups excluding carboxylic acids is 3. The van der Waals surface area contributed by atoms with Gasteiger partial charge in [0.05, 0.1) is 0 Å². The van der Waals surface area contributed by atoms with E-state index in [9.17, 15) is 14.4 Å². The summed E-state index contributed by atoms with van der Waals surface area (Å²) < 4.78 is 10.8. The van der Waals surface area contributed by atoms with E-state index < -0.39 is 5.97 Å². The molecule has 0 aliphatic heterocycles. The first-order valence-corrected chi connectivity index (χ1v) is 13.7. The summed E-state index contributed by atoms with van der Waals surface area (Å²) in [6.07, 6.45) is 7.25. The molecule has 0 atom stereocenters. The standard InChI is InChI=1S/C29H35NO6S/c1-3-4-10-27(32)35-20-19-34-24-13-17-26(18-14-24)37-25-15-11-23(12-16-25)29(33)28(30-36-21(2)31)22-8-6-5-7-9-22/h11-18,22H,3-10,19-20H2,1-2H3/b30-28+. The molecule has 1 fully saturated rings. The first-order valence-electron chi connectivity index (χ1n) is 12.9. The number of benzene rings is 2. The van der Waals surface area contributed by atoms with Gasteiger partial charge in [-0.05, 0) is 67.8 Å². The van der Waals surface area contributed by atoms with Gasteiger partial charge in [0, 0.05) is 34.6 Å². The zero-order valence-corrected chi connectivity index (χ0v) is 22.4. The maximum absolute atomic E-state index is 13.2. The second-order valence-corrected chi connectivity index (χ2v) is 10.1. The maximum atomic E-state index is 13.2. The van der Waals surface area contributed by atoms with Crippen LogP contribution in [0, 0.1) is 5.92 Å². The number of ketones is 1. The summed E-state index contributed by atoms with van der Waals surface area (Å²) in [6.45, 7) is 3.86. The molecule has 1 aliphatic rings. The molecule has 0 saturated heterocycles. The molecule has 8 heteroatoms. The van der Waals surface area contributed by atoms with Crippen molar-refractivity contribution in [2.45, 2.75) is 75.0 Å². The molecule has 0 aromatic heterocycles. The van der Waals surface area contributed by atoms with Crippen LogP contribution in [0.4, 0.5) is 0 Å². The van der Waals surface area contributed by atoms with Crippen molar-refractivity contribution in [3.05, 3.63) is 54.1 Å². The Hall–Kier alpha value is -3.13. The number of unbranched alkanes of at least 4 members (excludes halogenated alkanes) is 1. The summed E-state index contributed by atoms with van der Waals surface area (Å²) in [5, 5.41) is 3.94. The molecule has 37 heavy (non-hydrogen) atoms. The van der Waals surface area contributed by atoms with E-state index >= 15 is 0 Å². The van der Waals surface area contributed by atoms with Gasteiger partial charge in [-0.15, -0.1) is 0 Å². The number of ether oxygens (including phenoxy) is 2. The van der Waals surface area contributed by atoms with E-state index in [0.717, 1.165) is 54.7 Å². The van der Waals surface area contributed by atoms with Crippen LogP contribution in [0.1, 0.15) is 75.6 Å². The van der Waals surface area contributed by atoms with E-state index in [1.165, 1.54) is 6.92 Å². The molecule has 2 aromatic carbocycles. The Bertz CT molecular complexity index is 1060. The van der Waals surface area contributed by atoms with Gasteiger partial charge >= 0.3 is 11.9 Å². The molecule has 0 N–H and O–H groups in total. The van der Waals surface area contributed by atoms with Gasteiger partial charge in [0.25, 0.3) is 0 Å². The largest absolute Gasteiger partial charge is 0.490 e. The van der Waals surface area contributed by atoms with E-state index in [0.29, 0.717) is 30.1 Å². The van der Waals surface area contributed by atoms with Crippen molar-refractivity contribution in [1.82, 2.24) is 0 Å². The predicted molar refractivity (Wildman–Crippen MR) is 143 cm³/mol. The van der Waals surface area contributed by atoms with E-state index in [-0.39, 0.29) is 24.3 Å². The highest BCUT2D eigenvalue weighted by Crippen LogP contribution is 2.30. The third kappa shape index (κ3) is 9.69. The van der Waals surface area contributed by atoms with Crippen molar-refractivity contribution in [2.75, 3.05) is 13.2 Å². The summed E-state index contributed by atoms with van der Waals surface area (Å²) in [5.74, 6) is -0.190. The van der Waals surface area contributed by atoms with Crippen molar-refractivity contribution in [3.63, 3.8) is 0 Å². The Morgan fingerprint density at radius 3 is 2.19 bits per heavy atom. The fraction of sp³-hybridized carbons (Fsp3) is 0.448. The number of rotatable bonds is 13. The lowest BCUT2D eigenvalue weighted by molar-refractivity contribution is -0.144. The fourth-order valence-corrected chi connectivity index (χ4v) is 4.88. The second-order valence-electron chi connectivity index (χ2n) is 8.99. The Balaban J connectivity index is 1.53. The van der Waals surface area contributed by atoms with Gasteiger partial charge in [0.15, 0.2) is 0 Å². The highest BCUT2D eigenvalue weighted by atomic mass is 32.2. The van der Waals surface area contributed by atoms with Crippen LogP contribution in [0.2, 0.25) is 0 Å². The molecular weight excluding hydrogens is 490 g/mol. The van der Waals surface area contributed by atoms with Gasteiger partial charge < -0.3 is 14.3 Å². The highest BCUT2D eigenvalue weighted by molar-refractivity contribution is 7.99. The molecule has 7 nitrogen and oxygen atoms in total. The van der Waals surface area contributed by atoms with Crippen LogP contribution in [0.5, 0.6) is 5.75 Å². The number of carbonyl (C=O) groups is 3. The molecule has 1 saturated carbocycles. The lowest BCUT2D eigenvalue weighted by atomic mass is 9.83. The molecule has 0 radical (unpaired) electrons. The van der Waals surface area contributed by atoms with Crippen LogP contribution in [0.25, 0.3) is 0 Å². The predicted octanol–water partition coefficient (Wildman–Crippen LogP) is 6.63. The normalized spacial score (nSPS) is 14.2. The fourth-order valence-electron chi connectivity index (χ4n) is 4.06. The summed E-state index contributed by atoms with van der Waals surface area (Å²) in [6, 6.07) is 15.0. The van der Waals surface area contributed by atoms with E-state index in [1.54, 1.807) is 23.9 Å². The van der Waals surface area contributed by atoms with Crippen LogP contribution in [-0.4, -0.2) is 36.6 Å². The summed E-state index contributed by atoms with van der Waals surface area (Å²) >= 11 is 1.57. The third-order valence-electron chi connectivity index (χ3n) is 6.02. The Morgan fingerprint density at radius 1 is 0.919 bits per heavy atom. The Labute approximate surface area is 222 Å². The van der Waals surface area contributed by atoms with Gasteiger partial charge in [-0.25, -0.2) is 4.79 Å². The lowest BCUT2D eigenvalue weighted by Crippen LogP contribution is -2.27. The molecule has 1 aliphatic carbocycles. The molecule has 198 valence electrons. The van der Waals surface area contributed by atoms with Gasteiger partial charge in [-0.1, -0.05) is 49.5 Å². The molecule has 3 rings (SSSR count). The minimum atomic E-state index is -0.532. The minimum Gasteiger partial charge on any atom is -0.490 e. The van der Waals surface area contributed by atoms with Crippen molar-refractivity contribution < 1.29 is 28.7 Å². The van der Waals surface area contributed by atoms with Crippen molar-refractivity contribution >= 4 is 35.2 Å². The number of Topliss-reactive ketones (excluding diaryl/α,β-unsaturated/α-hetero) is 1. The summed E-state index contributed by atoms with van der Waals surface area (Å²) in [7, 11) is 0. The van der Waals surface area contributed by atoms with Crippen LogP contribution in [0.3, 0.4) is 0 Å². The average Bonchev–Trinajstić information content (AvgIpc) is 2.91. The number of oxime groups is 1. The van der Waals surface area contributed by atoms with Crippen molar-refractivity contribution in [3.8, 4) is 5.75 Å². The van der Waals surface area contributed by atoms with Crippen LogP contribution in [0.15, 0.2) is 63.5 Å². The second kappa shape index (κ2) is 15.2. The van der Waals surface area contributed by atoms with Gasteiger partial charge in [-0.2, -0.15) is 0 Å². The van der Waals surface area contributed by atoms with Crippen LogP contribution >= 0.6 is 11.8 Å². The molecule has 0 amide bonds. The quantitative estimate of drug-likeness (QED) is 0.0723. The number of esters is 1.